The number of hydrogen-bond acceptors (Lipinski definition) is 6. The van der Waals surface area contributed by atoms with Crippen LogP contribution in [0.2, 0.25) is 0 Å². The van der Waals surface area contributed by atoms with E-state index in [1.54, 1.807) is 30.3 Å². The first kappa shape index (κ1) is 34.1. The van der Waals surface area contributed by atoms with Crippen molar-refractivity contribution in [1.82, 2.24) is 10.2 Å². The Kier molecular flexibility index (Phi) is 11.4. The van der Waals surface area contributed by atoms with Gasteiger partial charge < -0.3 is 19.7 Å². The summed E-state index contributed by atoms with van der Waals surface area (Å²) in [5.41, 5.74) is 2.78. The van der Waals surface area contributed by atoms with Crippen LogP contribution in [0.3, 0.4) is 0 Å². The van der Waals surface area contributed by atoms with E-state index in [-0.39, 0.29) is 41.2 Å². The molecule has 0 fully saturated rings. The van der Waals surface area contributed by atoms with E-state index in [1.165, 1.54) is 37.3 Å². The van der Waals surface area contributed by atoms with E-state index in [1.807, 2.05) is 75.4 Å². The summed E-state index contributed by atoms with van der Waals surface area (Å²) < 4.78 is 40.6. The van der Waals surface area contributed by atoms with Crippen LogP contribution in [-0.2, 0) is 32.6 Å². The van der Waals surface area contributed by atoms with Gasteiger partial charge in [-0.15, -0.1) is 0 Å². The van der Waals surface area contributed by atoms with Crippen molar-refractivity contribution in [2.24, 2.45) is 0 Å². The van der Waals surface area contributed by atoms with Gasteiger partial charge in [0.05, 0.1) is 24.8 Å². The number of ether oxygens (including phenoxy) is 2. The van der Waals surface area contributed by atoms with E-state index >= 15 is 0 Å². The van der Waals surface area contributed by atoms with Crippen molar-refractivity contribution in [3.8, 4) is 11.5 Å². The second-order valence-electron chi connectivity index (χ2n) is 11.2. The van der Waals surface area contributed by atoms with Crippen LogP contribution in [0.4, 0.5) is 5.69 Å². The van der Waals surface area contributed by atoms with Gasteiger partial charge in [0.1, 0.15) is 24.1 Å². The number of hydrogen-bond donors (Lipinski definition) is 1. The van der Waals surface area contributed by atoms with Crippen LogP contribution in [-0.4, -0.2) is 58.0 Å². The molecule has 4 rings (SSSR count). The predicted octanol–water partition coefficient (Wildman–Crippen LogP) is 5.37. The molecule has 0 spiro atoms. The number of methoxy groups -OCH3 is 2. The minimum absolute atomic E-state index is 0.00343. The van der Waals surface area contributed by atoms with Crippen LogP contribution in [0.25, 0.3) is 0 Å². The van der Waals surface area contributed by atoms with Gasteiger partial charge in [0.2, 0.25) is 11.8 Å². The van der Waals surface area contributed by atoms with E-state index in [2.05, 4.69) is 5.32 Å². The highest BCUT2D eigenvalue weighted by molar-refractivity contribution is 7.92. The molecule has 0 aliphatic heterocycles. The average molecular weight is 644 g/mol. The molecule has 10 heteroatoms. The lowest BCUT2D eigenvalue weighted by Crippen LogP contribution is -2.54. The normalized spacial score (nSPS) is 11.9. The topological polar surface area (TPSA) is 105 Å². The third kappa shape index (κ3) is 8.45. The zero-order valence-electron chi connectivity index (χ0n) is 26.8. The van der Waals surface area contributed by atoms with Gasteiger partial charge >= 0.3 is 0 Å². The Morgan fingerprint density at radius 2 is 1.46 bits per heavy atom. The Balaban J connectivity index is 1.86. The average Bonchev–Trinajstić information content (AvgIpc) is 3.05. The van der Waals surface area contributed by atoms with Crippen molar-refractivity contribution in [3.05, 3.63) is 120 Å². The zero-order chi connectivity index (χ0) is 33.3. The summed E-state index contributed by atoms with van der Waals surface area (Å²) in [6, 6.07) is 28.6. The smallest absolute Gasteiger partial charge is 0.264 e. The molecule has 1 atom stereocenters. The van der Waals surface area contributed by atoms with Crippen LogP contribution < -0.4 is 19.1 Å². The van der Waals surface area contributed by atoms with Crippen LogP contribution in [0.1, 0.15) is 30.5 Å². The minimum atomic E-state index is -4.29. The number of sulfonamides is 1. The van der Waals surface area contributed by atoms with E-state index < -0.39 is 28.5 Å². The third-order valence-corrected chi connectivity index (χ3v) is 9.18. The maximum absolute atomic E-state index is 14.6. The number of nitrogens with one attached hydrogen (secondary N) is 1. The van der Waals surface area contributed by atoms with Gasteiger partial charge in [-0.1, -0.05) is 78.4 Å². The predicted molar refractivity (Wildman–Crippen MR) is 179 cm³/mol. The fourth-order valence-corrected chi connectivity index (χ4v) is 6.60. The largest absolute Gasteiger partial charge is 0.497 e. The van der Waals surface area contributed by atoms with Gasteiger partial charge in [0, 0.05) is 25.1 Å². The summed E-state index contributed by atoms with van der Waals surface area (Å²) in [6.45, 7) is 5.14. The number of benzene rings is 4. The van der Waals surface area contributed by atoms with E-state index in [0.717, 1.165) is 21.0 Å². The molecule has 0 bridgehead atoms. The molecular formula is C36H41N3O6S. The molecule has 0 aliphatic carbocycles. The maximum atomic E-state index is 14.6. The molecule has 0 unspecified atom stereocenters. The Morgan fingerprint density at radius 3 is 2.07 bits per heavy atom. The number of nitrogens with zero attached hydrogens (tertiary/aromatic N) is 2. The number of carbonyl (C=O) groups is 2. The lowest BCUT2D eigenvalue weighted by atomic mass is 10.0. The Morgan fingerprint density at radius 1 is 0.804 bits per heavy atom. The molecule has 0 saturated heterocycles. The number of amides is 2. The first-order valence-corrected chi connectivity index (χ1v) is 16.5. The van der Waals surface area contributed by atoms with Crippen LogP contribution in [0.5, 0.6) is 11.5 Å². The van der Waals surface area contributed by atoms with Crippen molar-refractivity contribution < 1.29 is 27.5 Å². The summed E-state index contributed by atoms with van der Waals surface area (Å²) in [5.74, 6) is -0.287. The summed E-state index contributed by atoms with van der Waals surface area (Å²) in [7, 11) is -1.40. The van der Waals surface area contributed by atoms with Crippen molar-refractivity contribution in [2.45, 2.75) is 50.7 Å². The summed E-state index contributed by atoms with van der Waals surface area (Å²) in [5, 5.41) is 2.97. The summed E-state index contributed by atoms with van der Waals surface area (Å²) in [6.07, 6.45) is 0.227. The molecule has 1 N–H and O–H groups in total. The molecule has 0 aromatic heterocycles. The van der Waals surface area contributed by atoms with Crippen molar-refractivity contribution in [2.75, 3.05) is 25.1 Å². The maximum Gasteiger partial charge on any atom is 0.264 e. The Labute approximate surface area is 271 Å². The van der Waals surface area contributed by atoms with Gasteiger partial charge in [-0.25, -0.2) is 8.42 Å². The second kappa shape index (κ2) is 15.4. The van der Waals surface area contributed by atoms with E-state index in [0.29, 0.717) is 5.75 Å². The van der Waals surface area contributed by atoms with Gasteiger partial charge in [0.25, 0.3) is 10.0 Å². The molecule has 0 heterocycles. The van der Waals surface area contributed by atoms with Crippen LogP contribution in [0.15, 0.2) is 108 Å². The first-order chi connectivity index (χ1) is 22.0. The summed E-state index contributed by atoms with van der Waals surface area (Å²) in [4.78, 5) is 30.0. The highest BCUT2D eigenvalue weighted by Crippen LogP contribution is 2.36. The van der Waals surface area contributed by atoms with Crippen LogP contribution in [0, 0.1) is 6.92 Å². The quantitative estimate of drug-likeness (QED) is 0.198. The lowest BCUT2D eigenvalue weighted by Gasteiger charge is -2.34. The molecule has 0 radical (unpaired) electrons. The fraction of sp³-hybridized carbons (Fsp3) is 0.278. The minimum Gasteiger partial charge on any atom is -0.497 e. The monoisotopic (exact) mass is 643 g/mol. The molecular weight excluding hydrogens is 602 g/mol. The van der Waals surface area contributed by atoms with Gasteiger partial charge in [-0.05, 0) is 56.2 Å². The number of aryl methyl sites for hydroxylation is 1. The highest BCUT2D eigenvalue weighted by Gasteiger charge is 2.36. The van der Waals surface area contributed by atoms with Gasteiger partial charge in [0.15, 0.2) is 0 Å². The molecule has 4 aromatic rings. The molecule has 46 heavy (non-hydrogen) atoms. The van der Waals surface area contributed by atoms with Crippen LogP contribution >= 0.6 is 0 Å². The second-order valence-corrected chi connectivity index (χ2v) is 13.1. The molecule has 4 aromatic carbocycles. The molecule has 0 aliphatic rings. The number of carbonyl (C=O) groups excluding carboxylic acids is 2. The zero-order valence-corrected chi connectivity index (χ0v) is 27.7. The van der Waals surface area contributed by atoms with Gasteiger partial charge in [-0.2, -0.15) is 0 Å². The fourth-order valence-electron chi connectivity index (χ4n) is 5.17. The van der Waals surface area contributed by atoms with Crippen molar-refractivity contribution in [1.29, 1.82) is 0 Å². The number of anilines is 1. The first-order valence-electron chi connectivity index (χ1n) is 15.0. The van der Waals surface area contributed by atoms with Gasteiger partial charge in [-0.3, -0.25) is 13.9 Å². The Hall–Kier alpha value is -4.83. The highest BCUT2D eigenvalue weighted by atomic mass is 32.2. The van der Waals surface area contributed by atoms with E-state index in [4.69, 9.17) is 9.47 Å². The summed E-state index contributed by atoms with van der Waals surface area (Å²) >= 11 is 0. The van der Waals surface area contributed by atoms with Crippen molar-refractivity contribution >= 4 is 27.5 Å². The molecule has 242 valence electrons. The molecule has 2 amide bonds. The lowest BCUT2D eigenvalue weighted by molar-refractivity contribution is -0.140. The third-order valence-electron chi connectivity index (χ3n) is 7.40. The Bertz CT molecular complexity index is 1730. The van der Waals surface area contributed by atoms with Crippen molar-refractivity contribution in [3.63, 3.8) is 0 Å². The molecule has 9 nitrogen and oxygen atoms in total. The standard InChI is InChI=1S/C36H41N3O6S/c1-26(2)37-36(41)33(22-28-14-8-6-9-15-28)38(24-29-16-12-13-27(3)21-29)35(40)25-39(46(42,43)31-17-10-7-11-18-31)32-23-30(44-4)19-20-34(32)45-5/h6-21,23,26,33H,22,24-25H2,1-5H3,(H,37,41)/t33-/m1/s1. The molecule has 0 saturated carbocycles. The van der Waals surface area contributed by atoms with E-state index in [9.17, 15) is 18.0 Å². The SMILES string of the molecule is COc1ccc(OC)c(N(CC(=O)N(Cc2cccc(C)c2)[C@H](Cc2ccccc2)C(=O)NC(C)C)S(=O)(=O)c2ccccc2)c1. The number of rotatable bonds is 14.